The van der Waals surface area contributed by atoms with Gasteiger partial charge in [0.25, 0.3) is 5.69 Å². The molecular weight excluding hydrogens is 471 g/mol. The van der Waals surface area contributed by atoms with E-state index in [2.05, 4.69) is 15.6 Å². The molecule has 0 bridgehead atoms. The average molecular weight is 498 g/mol. The molecule has 8 heteroatoms. The lowest BCUT2D eigenvalue weighted by atomic mass is 10.1. The van der Waals surface area contributed by atoms with Crippen LogP contribution in [0.15, 0.2) is 53.5 Å². The maximum absolute atomic E-state index is 10.7. The minimum atomic E-state index is -0.378. The fourth-order valence-corrected chi connectivity index (χ4v) is 2.69. The van der Waals surface area contributed by atoms with E-state index in [9.17, 15) is 10.1 Å². The summed E-state index contributed by atoms with van der Waals surface area (Å²) in [6.07, 6.45) is 2.87. The van der Waals surface area contributed by atoms with Gasteiger partial charge in [-0.2, -0.15) is 0 Å². The molecule has 28 heavy (non-hydrogen) atoms. The monoisotopic (exact) mass is 498 g/mol. The second-order valence-electron chi connectivity index (χ2n) is 6.05. The predicted octanol–water partition coefficient (Wildman–Crippen LogP) is 3.91. The van der Waals surface area contributed by atoms with Crippen LogP contribution in [0.3, 0.4) is 0 Å². The summed E-state index contributed by atoms with van der Waals surface area (Å²) < 4.78 is 5.35. The van der Waals surface area contributed by atoms with Crippen LogP contribution in [0, 0.1) is 10.1 Å². The number of aliphatic imine (C=N–C) groups is 1. The number of methoxy groups -OCH3 is 1. The third-order valence-electron chi connectivity index (χ3n) is 4.19. The molecule has 0 spiro atoms. The van der Waals surface area contributed by atoms with E-state index in [0.29, 0.717) is 6.54 Å². The number of guanidine groups is 1. The summed E-state index contributed by atoms with van der Waals surface area (Å²) >= 11 is 0. The summed E-state index contributed by atoms with van der Waals surface area (Å²) in [7, 11) is 3.41. The number of non-ortho nitro benzene ring substituents is 1. The third-order valence-corrected chi connectivity index (χ3v) is 4.19. The Morgan fingerprint density at radius 2 is 1.82 bits per heavy atom. The van der Waals surface area contributed by atoms with Crippen molar-refractivity contribution < 1.29 is 9.66 Å². The van der Waals surface area contributed by atoms with Crippen molar-refractivity contribution in [1.82, 2.24) is 10.6 Å². The van der Waals surface area contributed by atoms with Gasteiger partial charge in [0.1, 0.15) is 5.75 Å². The topological polar surface area (TPSA) is 88.8 Å². The number of nitrogens with one attached hydrogen (secondary N) is 2. The smallest absolute Gasteiger partial charge is 0.269 e. The molecule has 0 heterocycles. The van der Waals surface area contributed by atoms with Gasteiger partial charge in [-0.05, 0) is 30.9 Å². The number of hydrogen-bond donors (Lipinski definition) is 2. The summed E-state index contributed by atoms with van der Waals surface area (Å²) in [5.74, 6) is 1.60. The number of hydrogen-bond acceptors (Lipinski definition) is 4. The van der Waals surface area contributed by atoms with E-state index in [-0.39, 0.29) is 34.6 Å². The van der Waals surface area contributed by atoms with Gasteiger partial charge in [0.15, 0.2) is 5.96 Å². The quantitative estimate of drug-likeness (QED) is 0.137. The molecule has 0 saturated heterocycles. The Kier molecular flexibility index (Phi) is 10.9. The molecule has 0 radical (unpaired) electrons. The number of nitrogens with zero attached hydrogens (tertiary/aromatic N) is 2. The van der Waals surface area contributed by atoms with Crippen LogP contribution in [-0.4, -0.2) is 31.6 Å². The van der Waals surface area contributed by atoms with Crippen molar-refractivity contribution in [2.24, 2.45) is 4.99 Å². The number of aryl methyl sites for hydroxylation is 1. The largest absolute Gasteiger partial charge is 0.496 e. The molecule has 0 aliphatic carbocycles. The molecule has 7 nitrogen and oxygen atoms in total. The molecule has 2 N–H and O–H groups in total. The van der Waals surface area contributed by atoms with E-state index in [1.54, 1.807) is 26.3 Å². The lowest BCUT2D eigenvalue weighted by Crippen LogP contribution is -2.37. The number of para-hydroxylation sites is 1. The second-order valence-corrected chi connectivity index (χ2v) is 6.05. The van der Waals surface area contributed by atoms with Crippen LogP contribution in [0.5, 0.6) is 5.75 Å². The van der Waals surface area contributed by atoms with Gasteiger partial charge in [-0.3, -0.25) is 15.1 Å². The van der Waals surface area contributed by atoms with Crippen molar-refractivity contribution in [2.75, 3.05) is 20.7 Å². The summed E-state index contributed by atoms with van der Waals surface area (Å²) in [6, 6.07) is 14.6. The van der Waals surface area contributed by atoms with E-state index in [1.807, 2.05) is 36.4 Å². The zero-order valence-electron chi connectivity index (χ0n) is 16.2. The first-order valence-electron chi connectivity index (χ1n) is 8.93. The van der Waals surface area contributed by atoms with E-state index < -0.39 is 0 Å². The number of nitro benzene ring substituents is 1. The van der Waals surface area contributed by atoms with Crippen LogP contribution in [0.4, 0.5) is 5.69 Å². The fraction of sp³-hybridized carbons (Fsp3) is 0.350. The van der Waals surface area contributed by atoms with Crippen molar-refractivity contribution in [3.63, 3.8) is 0 Å². The first kappa shape index (κ1) is 23.7. The van der Waals surface area contributed by atoms with E-state index in [0.717, 1.165) is 48.6 Å². The summed E-state index contributed by atoms with van der Waals surface area (Å²) in [4.78, 5) is 14.5. The molecule has 2 rings (SSSR count). The predicted molar refractivity (Wildman–Crippen MR) is 123 cm³/mol. The normalized spacial score (nSPS) is 10.7. The van der Waals surface area contributed by atoms with Gasteiger partial charge in [0.05, 0.1) is 12.0 Å². The second kappa shape index (κ2) is 12.9. The fourth-order valence-electron chi connectivity index (χ4n) is 2.69. The van der Waals surface area contributed by atoms with Gasteiger partial charge in [-0.15, -0.1) is 24.0 Å². The molecule has 152 valence electrons. The lowest BCUT2D eigenvalue weighted by Gasteiger charge is -2.13. The van der Waals surface area contributed by atoms with Crippen LogP contribution in [0.1, 0.15) is 24.0 Å². The minimum absolute atomic E-state index is 0. The summed E-state index contributed by atoms with van der Waals surface area (Å²) in [5, 5.41) is 17.2. The van der Waals surface area contributed by atoms with Crippen molar-refractivity contribution in [2.45, 2.75) is 25.8 Å². The first-order chi connectivity index (χ1) is 13.1. The lowest BCUT2D eigenvalue weighted by molar-refractivity contribution is -0.384. The number of rotatable bonds is 9. The highest BCUT2D eigenvalue weighted by Crippen LogP contribution is 2.16. The molecule has 0 amide bonds. The Bertz CT molecular complexity index is 766. The van der Waals surface area contributed by atoms with E-state index >= 15 is 0 Å². The Morgan fingerprint density at radius 1 is 1.11 bits per heavy atom. The SMILES string of the molecule is CN=C(NCCCCc1ccc([N+](=O)[O-])cc1)NCc1ccccc1OC.I. The van der Waals surface area contributed by atoms with Crippen molar-refractivity contribution >= 4 is 35.6 Å². The molecule has 2 aromatic carbocycles. The Morgan fingerprint density at radius 3 is 2.46 bits per heavy atom. The maximum Gasteiger partial charge on any atom is 0.269 e. The number of nitro groups is 1. The zero-order chi connectivity index (χ0) is 19.5. The summed E-state index contributed by atoms with van der Waals surface area (Å²) in [6.45, 7) is 1.44. The average Bonchev–Trinajstić information content (AvgIpc) is 2.70. The van der Waals surface area contributed by atoms with Crippen molar-refractivity contribution in [3.8, 4) is 5.75 Å². The molecule has 0 aromatic heterocycles. The Hall–Kier alpha value is -2.36. The zero-order valence-corrected chi connectivity index (χ0v) is 18.5. The Labute approximate surface area is 182 Å². The maximum atomic E-state index is 10.7. The van der Waals surface area contributed by atoms with Gasteiger partial charge < -0.3 is 15.4 Å². The molecule has 0 atom stereocenters. The highest BCUT2D eigenvalue weighted by atomic mass is 127. The van der Waals surface area contributed by atoms with Gasteiger partial charge in [0, 0.05) is 37.8 Å². The number of unbranched alkanes of at least 4 members (excludes halogenated alkanes) is 1. The van der Waals surface area contributed by atoms with Crippen molar-refractivity contribution in [1.29, 1.82) is 0 Å². The first-order valence-corrected chi connectivity index (χ1v) is 8.93. The molecular formula is C20H27IN4O3. The van der Waals surface area contributed by atoms with Crippen molar-refractivity contribution in [3.05, 3.63) is 69.8 Å². The number of ether oxygens (including phenoxy) is 1. The van der Waals surface area contributed by atoms with Crippen LogP contribution in [0.25, 0.3) is 0 Å². The molecule has 2 aromatic rings. The van der Waals surface area contributed by atoms with Gasteiger partial charge in [-0.1, -0.05) is 30.3 Å². The third kappa shape index (κ3) is 7.71. The standard InChI is InChI=1S/C20H26N4O3.HI/c1-21-20(23-15-17-8-3-4-9-19(17)27-2)22-14-6-5-7-16-10-12-18(13-11-16)24(25)26;/h3-4,8-13H,5-7,14-15H2,1-2H3,(H2,21,22,23);1H. The minimum Gasteiger partial charge on any atom is -0.496 e. The molecule has 0 saturated carbocycles. The van der Waals surface area contributed by atoms with Gasteiger partial charge >= 0.3 is 0 Å². The highest BCUT2D eigenvalue weighted by molar-refractivity contribution is 14.0. The molecule has 0 unspecified atom stereocenters. The summed E-state index contributed by atoms with van der Waals surface area (Å²) in [5.41, 5.74) is 2.31. The molecule has 0 aliphatic heterocycles. The highest BCUT2D eigenvalue weighted by Gasteiger charge is 2.05. The number of benzene rings is 2. The Balaban J connectivity index is 0.00000392. The molecule has 0 aliphatic rings. The van der Waals surface area contributed by atoms with Crippen LogP contribution in [-0.2, 0) is 13.0 Å². The van der Waals surface area contributed by atoms with E-state index in [1.165, 1.54) is 0 Å². The number of halogens is 1. The molecule has 0 fully saturated rings. The van der Waals surface area contributed by atoms with Gasteiger partial charge in [-0.25, -0.2) is 0 Å². The van der Waals surface area contributed by atoms with Crippen LogP contribution in [0.2, 0.25) is 0 Å². The van der Waals surface area contributed by atoms with Crippen LogP contribution < -0.4 is 15.4 Å². The van der Waals surface area contributed by atoms with E-state index in [4.69, 9.17) is 4.74 Å². The van der Waals surface area contributed by atoms with Crippen LogP contribution >= 0.6 is 24.0 Å². The van der Waals surface area contributed by atoms with Gasteiger partial charge in [0.2, 0.25) is 0 Å².